The molecule has 2 aliphatic rings. The molecule has 2 aliphatic heterocycles. The Labute approximate surface area is 176 Å². The molecular weight excluding hydrogens is 380 g/mol. The highest BCUT2D eigenvalue weighted by Gasteiger charge is 2.42. The number of aromatic nitrogens is 2. The van der Waals surface area contributed by atoms with Crippen LogP contribution in [0.5, 0.6) is 0 Å². The lowest BCUT2D eigenvalue weighted by Crippen LogP contribution is -2.36. The number of rotatable bonds is 5. The molecule has 0 amide bonds. The summed E-state index contributed by atoms with van der Waals surface area (Å²) >= 11 is 5.79. The van der Waals surface area contributed by atoms with Gasteiger partial charge in [-0.2, -0.15) is 0 Å². The van der Waals surface area contributed by atoms with Crippen LogP contribution in [0, 0.1) is 0 Å². The highest BCUT2D eigenvalue weighted by Crippen LogP contribution is 2.40. The molecule has 3 atom stereocenters. The van der Waals surface area contributed by atoms with Crippen LogP contribution in [0.1, 0.15) is 36.3 Å². The molecule has 0 radical (unpaired) electrons. The van der Waals surface area contributed by atoms with Crippen molar-refractivity contribution in [3.05, 3.63) is 84.4 Å². The zero-order chi connectivity index (χ0) is 19.6. The molecule has 148 valence electrons. The minimum Gasteiger partial charge on any atom is -0.376 e. The molecule has 3 aromatic rings. The quantitative estimate of drug-likeness (QED) is 0.651. The highest BCUT2D eigenvalue weighted by atomic mass is 32.1. The van der Waals surface area contributed by atoms with Crippen molar-refractivity contribution in [2.75, 3.05) is 13.2 Å². The van der Waals surface area contributed by atoms with Crippen molar-refractivity contribution in [2.45, 2.75) is 31.0 Å². The van der Waals surface area contributed by atoms with Gasteiger partial charge in [-0.05, 0) is 61.5 Å². The maximum Gasteiger partial charge on any atom is 0.170 e. The second-order valence-corrected chi connectivity index (χ2v) is 7.94. The third-order valence-electron chi connectivity index (χ3n) is 5.74. The van der Waals surface area contributed by atoms with Gasteiger partial charge in [0.05, 0.1) is 23.9 Å². The first kappa shape index (κ1) is 18.3. The number of thiocarbonyl (C=S) groups is 1. The molecule has 0 unspecified atom stereocenters. The van der Waals surface area contributed by atoms with Gasteiger partial charge in [0.15, 0.2) is 5.11 Å². The van der Waals surface area contributed by atoms with E-state index in [1.807, 2.05) is 24.4 Å². The average Bonchev–Trinajstić information content (AvgIpc) is 3.51. The summed E-state index contributed by atoms with van der Waals surface area (Å²) in [7, 11) is 0. The highest BCUT2D eigenvalue weighted by molar-refractivity contribution is 7.80. The summed E-state index contributed by atoms with van der Waals surface area (Å²) in [5.41, 5.74) is 3.33. The number of nitrogens with zero attached hydrogens (tertiary/aromatic N) is 3. The topological polar surface area (TPSA) is 42.3 Å². The summed E-state index contributed by atoms with van der Waals surface area (Å²) in [4.78, 5) is 6.93. The first-order chi connectivity index (χ1) is 14.3. The van der Waals surface area contributed by atoms with E-state index in [0.717, 1.165) is 42.5 Å². The lowest BCUT2D eigenvalue weighted by molar-refractivity contribution is 0.0836. The van der Waals surface area contributed by atoms with Gasteiger partial charge in [0, 0.05) is 36.9 Å². The summed E-state index contributed by atoms with van der Waals surface area (Å²) in [6, 6.07) is 20.8. The summed E-state index contributed by atoms with van der Waals surface area (Å²) in [6.07, 6.45) is 6.38. The van der Waals surface area contributed by atoms with Crippen LogP contribution in [0.15, 0.2) is 73.1 Å². The van der Waals surface area contributed by atoms with E-state index in [9.17, 15) is 0 Å². The molecule has 2 fully saturated rings. The van der Waals surface area contributed by atoms with E-state index in [1.165, 1.54) is 5.69 Å². The number of ether oxygens (including phenoxy) is 1. The lowest BCUT2D eigenvalue weighted by atomic mass is 10.0. The van der Waals surface area contributed by atoms with Crippen LogP contribution in [0.4, 0.5) is 0 Å². The molecule has 6 heteroatoms. The van der Waals surface area contributed by atoms with E-state index in [1.54, 1.807) is 0 Å². The largest absolute Gasteiger partial charge is 0.376 e. The van der Waals surface area contributed by atoms with Gasteiger partial charge in [0.2, 0.25) is 0 Å². The van der Waals surface area contributed by atoms with Gasteiger partial charge in [0.1, 0.15) is 0 Å². The molecule has 0 saturated carbocycles. The van der Waals surface area contributed by atoms with E-state index < -0.39 is 0 Å². The Morgan fingerprint density at radius 2 is 1.93 bits per heavy atom. The predicted molar refractivity (Wildman–Crippen MR) is 117 cm³/mol. The van der Waals surface area contributed by atoms with Crippen LogP contribution in [0.2, 0.25) is 0 Å². The second kappa shape index (κ2) is 7.97. The molecule has 1 N–H and O–H groups in total. The van der Waals surface area contributed by atoms with Gasteiger partial charge in [0.25, 0.3) is 0 Å². The van der Waals surface area contributed by atoms with Gasteiger partial charge in [-0.25, -0.2) is 0 Å². The van der Waals surface area contributed by atoms with Crippen LogP contribution in [0.25, 0.3) is 5.69 Å². The number of benzene rings is 1. The monoisotopic (exact) mass is 404 g/mol. The van der Waals surface area contributed by atoms with Gasteiger partial charge in [-0.15, -0.1) is 0 Å². The Kier molecular flexibility index (Phi) is 5.04. The third-order valence-corrected chi connectivity index (χ3v) is 6.09. The van der Waals surface area contributed by atoms with Crippen LogP contribution in [0.3, 0.4) is 0 Å². The maximum atomic E-state index is 5.93. The Hall–Kier alpha value is -2.70. The molecule has 4 heterocycles. The molecule has 5 nitrogen and oxygen atoms in total. The van der Waals surface area contributed by atoms with Crippen molar-refractivity contribution < 1.29 is 4.74 Å². The van der Waals surface area contributed by atoms with Crippen LogP contribution in [-0.2, 0) is 4.74 Å². The van der Waals surface area contributed by atoms with E-state index in [0.29, 0.717) is 0 Å². The smallest absolute Gasteiger partial charge is 0.170 e. The summed E-state index contributed by atoms with van der Waals surface area (Å²) in [5.74, 6) is 0. The number of hydrogen-bond acceptors (Lipinski definition) is 3. The van der Waals surface area contributed by atoms with Gasteiger partial charge in [-0.3, -0.25) is 4.98 Å². The molecule has 2 aromatic heterocycles. The minimum absolute atomic E-state index is 0.0116. The predicted octanol–water partition coefficient (Wildman–Crippen LogP) is 4.02. The lowest BCUT2D eigenvalue weighted by Gasteiger charge is -2.30. The number of hydrogen-bond donors (Lipinski definition) is 1. The van der Waals surface area contributed by atoms with Crippen molar-refractivity contribution in [3.63, 3.8) is 0 Å². The van der Waals surface area contributed by atoms with E-state index >= 15 is 0 Å². The molecule has 0 bridgehead atoms. The van der Waals surface area contributed by atoms with Crippen molar-refractivity contribution >= 4 is 17.3 Å². The first-order valence-corrected chi connectivity index (χ1v) is 10.5. The van der Waals surface area contributed by atoms with E-state index in [-0.39, 0.29) is 18.2 Å². The van der Waals surface area contributed by atoms with E-state index in [4.69, 9.17) is 17.0 Å². The SMILES string of the molecule is S=C1N[C@@H](c2ccccn2)[C@@H](c2cccn2-c2ccccc2)N1C[C@@H]1CCCO1. The van der Waals surface area contributed by atoms with Gasteiger partial charge < -0.3 is 19.5 Å². The first-order valence-electron chi connectivity index (χ1n) is 10.1. The average molecular weight is 405 g/mol. The molecular formula is C23H24N4OS. The zero-order valence-electron chi connectivity index (χ0n) is 16.1. The van der Waals surface area contributed by atoms with Crippen molar-refractivity contribution in [2.24, 2.45) is 0 Å². The third kappa shape index (κ3) is 3.54. The molecule has 29 heavy (non-hydrogen) atoms. The zero-order valence-corrected chi connectivity index (χ0v) is 17.0. The summed E-state index contributed by atoms with van der Waals surface area (Å²) < 4.78 is 8.18. The fraction of sp³-hybridized carbons (Fsp3) is 0.304. The van der Waals surface area contributed by atoms with E-state index in [2.05, 4.69) is 68.4 Å². The molecule has 2 saturated heterocycles. The van der Waals surface area contributed by atoms with Crippen LogP contribution >= 0.6 is 12.2 Å². The Morgan fingerprint density at radius 3 is 2.69 bits per heavy atom. The van der Waals surface area contributed by atoms with Crippen LogP contribution < -0.4 is 5.32 Å². The Balaban J connectivity index is 1.57. The minimum atomic E-state index is -0.0116. The van der Waals surface area contributed by atoms with Crippen molar-refractivity contribution in [1.82, 2.24) is 19.8 Å². The number of pyridine rings is 1. The van der Waals surface area contributed by atoms with Crippen LogP contribution in [-0.4, -0.2) is 38.8 Å². The van der Waals surface area contributed by atoms with Crippen molar-refractivity contribution in [1.29, 1.82) is 0 Å². The van der Waals surface area contributed by atoms with Gasteiger partial charge in [-0.1, -0.05) is 24.3 Å². The normalized spacial score (nSPS) is 24.1. The van der Waals surface area contributed by atoms with Gasteiger partial charge >= 0.3 is 0 Å². The molecule has 0 spiro atoms. The fourth-order valence-electron chi connectivity index (χ4n) is 4.39. The Morgan fingerprint density at radius 1 is 1.07 bits per heavy atom. The van der Waals surface area contributed by atoms with Crippen molar-refractivity contribution in [3.8, 4) is 5.69 Å². The molecule has 1 aromatic carbocycles. The maximum absolute atomic E-state index is 5.93. The second-order valence-electron chi connectivity index (χ2n) is 7.55. The Bertz CT molecular complexity index is 969. The summed E-state index contributed by atoms with van der Waals surface area (Å²) in [6.45, 7) is 1.63. The molecule has 0 aliphatic carbocycles. The number of para-hydroxylation sites is 1. The standard InChI is InChI=1S/C23H24N4OS/c29-23-25-21(19-11-4-5-13-24-19)22(27(23)16-18-10-7-15-28-18)20-12-6-14-26(20)17-8-2-1-3-9-17/h1-6,8-9,11-14,18,21-22H,7,10,15-16H2,(H,25,29)/t18-,21-,22+/m0/s1. The molecule has 5 rings (SSSR count). The fourth-order valence-corrected chi connectivity index (χ4v) is 4.71. The number of nitrogens with one attached hydrogen (secondary N) is 1. The summed E-state index contributed by atoms with van der Waals surface area (Å²) in [5, 5.41) is 4.30.